The molecule has 1 aliphatic rings. The van der Waals surface area contributed by atoms with E-state index in [-0.39, 0.29) is 11.8 Å². The third kappa shape index (κ3) is 3.28. The molecule has 1 N–H and O–H groups in total. The van der Waals surface area contributed by atoms with Gasteiger partial charge < -0.3 is 5.32 Å². The Hall–Kier alpha value is -1.98. The second-order valence-electron chi connectivity index (χ2n) is 5.89. The van der Waals surface area contributed by atoms with Gasteiger partial charge in [0.05, 0.1) is 5.69 Å². The summed E-state index contributed by atoms with van der Waals surface area (Å²) in [6, 6.07) is 18.2. The number of halogens is 1. The van der Waals surface area contributed by atoms with Crippen molar-refractivity contribution < 1.29 is 4.79 Å². The van der Waals surface area contributed by atoms with Gasteiger partial charge in [0.1, 0.15) is 0 Å². The van der Waals surface area contributed by atoms with Crippen LogP contribution in [0.1, 0.15) is 17.9 Å². The fraction of sp³-hybridized carbons (Fsp3) is 0.158. The summed E-state index contributed by atoms with van der Waals surface area (Å²) in [5.41, 5.74) is 3.18. The molecule has 1 aliphatic carbocycles. The van der Waals surface area contributed by atoms with E-state index < -0.39 is 0 Å². The molecule has 1 saturated carbocycles. The summed E-state index contributed by atoms with van der Waals surface area (Å²) >= 11 is 4.89. The third-order valence-corrected chi connectivity index (χ3v) is 5.52. The maximum absolute atomic E-state index is 12.4. The van der Waals surface area contributed by atoms with Crippen LogP contribution < -0.4 is 5.32 Å². The van der Waals surface area contributed by atoms with Crippen molar-refractivity contribution >= 4 is 38.3 Å². The molecule has 1 amide bonds. The molecular formula is C19H15BrN2OS. The lowest BCUT2D eigenvalue weighted by atomic mass is 10.1. The van der Waals surface area contributed by atoms with Crippen LogP contribution in [0.2, 0.25) is 0 Å². The molecule has 5 heteroatoms. The SMILES string of the molecule is O=C(Nc1nc(-c2ccc(Br)cc2)cs1)[C@@H]1C[C@@H]1c1ccccc1. The first-order chi connectivity index (χ1) is 11.7. The molecule has 2 aromatic carbocycles. The zero-order chi connectivity index (χ0) is 16.5. The van der Waals surface area contributed by atoms with Gasteiger partial charge in [0.25, 0.3) is 0 Å². The molecule has 0 aliphatic heterocycles. The van der Waals surface area contributed by atoms with Crippen molar-refractivity contribution in [1.29, 1.82) is 0 Å². The minimum atomic E-state index is 0.0624. The van der Waals surface area contributed by atoms with E-state index >= 15 is 0 Å². The minimum absolute atomic E-state index is 0.0624. The van der Waals surface area contributed by atoms with E-state index in [1.54, 1.807) is 0 Å². The number of rotatable bonds is 4. The third-order valence-electron chi connectivity index (χ3n) is 4.23. The number of hydrogen-bond donors (Lipinski definition) is 1. The number of nitrogens with zero attached hydrogens (tertiary/aromatic N) is 1. The zero-order valence-electron chi connectivity index (χ0n) is 12.8. The van der Waals surface area contributed by atoms with Crippen LogP contribution in [0.3, 0.4) is 0 Å². The number of aromatic nitrogens is 1. The number of nitrogens with one attached hydrogen (secondary N) is 1. The normalized spacial score (nSPS) is 19.0. The summed E-state index contributed by atoms with van der Waals surface area (Å²) in [6.45, 7) is 0. The smallest absolute Gasteiger partial charge is 0.229 e. The van der Waals surface area contributed by atoms with Crippen LogP contribution in [0.5, 0.6) is 0 Å². The van der Waals surface area contributed by atoms with Gasteiger partial charge in [-0.1, -0.05) is 58.4 Å². The van der Waals surface area contributed by atoms with Crippen molar-refractivity contribution in [2.45, 2.75) is 12.3 Å². The molecule has 0 saturated heterocycles. The number of thiazole rings is 1. The summed E-state index contributed by atoms with van der Waals surface area (Å²) in [5, 5.41) is 5.60. The van der Waals surface area contributed by atoms with E-state index in [0.717, 1.165) is 22.2 Å². The van der Waals surface area contributed by atoms with Crippen molar-refractivity contribution in [2.75, 3.05) is 5.32 Å². The standard InChI is InChI=1S/C19H15BrN2OS/c20-14-8-6-13(7-9-14)17-11-24-19(21-17)22-18(23)16-10-15(16)12-4-2-1-3-5-12/h1-9,11,15-16H,10H2,(H,21,22,23)/t15-,16-/m1/s1. The van der Waals surface area contributed by atoms with E-state index in [1.165, 1.54) is 16.9 Å². The lowest BCUT2D eigenvalue weighted by molar-refractivity contribution is -0.117. The highest BCUT2D eigenvalue weighted by Crippen LogP contribution is 2.48. The minimum Gasteiger partial charge on any atom is -0.302 e. The monoisotopic (exact) mass is 398 g/mol. The van der Waals surface area contributed by atoms with Crippen molar-refractivity contribution in [1.82, 2.24) is 4.98 Å². The average molecular weight is 399 g/mol. The molecule has 4 rings (SSSR count). The van der Waals surface area contributed by atoms with Gasteiger partial charge in [-0.3, -0.25) is 4.79 Å². The Labute approximate surface area is 152 Å². The molecule has 0 spiro atoms. The summed E-state index contributed by atoms with van der Waals surface area (Å²) in [4.78, 5) is 16.9. The van der Waals surface area contributed by atoms with E-state index in [4.69, 9.17) is 0 Å². The van der Waals surface area contributed by atoms with Crippen LogP contribution in [-0.4, -0.2) is 10.9 Å². The summed E-state index contributed by atoms with van der Waals surface area (Å²) < 4.78 is 1.04. The van der Waals surface area contributed by atoms with Gasteiger partial charge in [0.2, 0.25) is 5.91 Å². The lowest BCUT2D eigenvalue weighted by Crippen LogP contribution is -2.14. The van der Waals surface area contributed by atoms with Crippen molar-refractivity contribution in [2.24, 2.45) is 5.92 Å². The number of carbonyl (C=O) groups excluding carboxylic acids is 1. The van der Waals surface area contributed by atoms with E-state index in [2.05, 4.69) is 38.4 Å². The number of amides is 1. The first kappa shape index (κ1) is 15.5. The Kier molecular flexibility index (Phi) is 4.21. The Bertz CT molecular complexity index is 861. The first-order valence-corrected chi connectivity index (χ1v) is 9.45. The van der Waals surface area contributed by atoms with Crippen LogP contribution in [0.4, 0.5) is 5.13 Å². The number of benzene rings is 2. The fourth-order valence-corrected chi connectivity index (χ4v) is 3.82. The quantitative estimate of drug-likeness (QED) is 0.646. The molecule has 3 aromatic rings. The van der Waals surface area contributed by atoms with Gasteiger partial charge in [-0.2, -0.15) is 0 Å². The van der Waals surface area contributed by atoms with Gasteiger partial charge in [-0.25, -0.2) is 4.98 Å². The topological polar surface area (TPSA) is 42.0 Å². The zero-order valence-corrected chi connectivity index (χ0v) is 15.2. The molecule has 3 nitrogen and oxygen atoms in total. The molecule has 1 fully saturated rings. The summed E-state index contributed by atoms with van der Waals surface area (Å²) in [7, 11) is 0. The number of hydrogen-bond acceptors (Lipinski definition) is 3. The lowest BCUT2D eigenvalue weighted by Gasteiger charge is -2.01. The largest absolute Gasteiger partial charge is 0.302 e. The maximum atomic E-state index is 12.4. The van der Waals surface area contributed by atoms with Crippen LogP contribution in [0.15, 0.2) is 64.5 Å². The molecule has 24 heavy (non-hydrogen) atoms. The molecule has 2 atom stereocenters. The van der Waals surface area contributed by atoms with Crippen molar-refractivity contribution in [3.8, 4) is 11.3 Å². The molecule has 1 heterocycles. The molecule has 0 unspecified atom stereocenters. The second-order valence-corrected chi connectivity index (χ2v) is 7.67. The maximum Gasteiger partial charge on any atom is 0.229 e. The summed E-state index contributed by atoms with van der Waals surface area (Å²) in [5.74, 6) is 0.477. The van der Waals surface area contributed by atoms with E-state index in [9.17, 15) is 4.79 Å². The average Bonchev–Trinajstić information content (AvgIpc) is 3.29. The summed E-state index contributed by atoms with van der Waals surface area (Å²) in [6.07, 6.45) is 0.917. The number of carbonyl (C=O) groups is 1. The van der Waals surface area contributed by atoms with Gasteiger partial charge in [0, 0.05) is 21.3 Å². The number of anilines is 1. The van der Waals surface area contributed by atoms with Crippen molar-refractivity contribution in [3.63, 3.8) is 0 Å². The van der Waals surface area contributed by atoms with Gasteiger partial charge in [0.15, 0.2) is 5.13 Å². The second kappa shape index (κ2) is 6.49. The van der Waals surface area contributed by atoms with E-state index in [1.807, 2.05) is 47.8 Å². The molecular weight excluding hydrogens is 384 g/mol. The Morgan fingerprint density at radius 1 is 1.12 bits per heavy atom. The first-order valence-electron chi connectivity index (χ1n) is 7.78. The van der Waals surface area contributed by atoms with Crippen LogP contribution >= 0.6 is 27.3 Å². The molecule has 0 bridgehead atoms. The molecule has 1 aromatic heterocycles. The van der Waals surface area contributed by atoms with Crippen molar-refractivity contribution in [3.05, 3.63) is 70.0 Å². The van der Waals surface area contributed by atoms with Gasteiger partial charge in [-0.15, -0.1) is 11.3 Å². The molecule has 120 valence electrons. The van der Waals surface area contributed by atoms with E-state index in [0.29, 0.717) is 11.0 Å². The highest BCUT2D eigenvalue weighted by Gasteiger charge is 2.44. The Morgan fingerprint density at radius 2 is 1.88 bits per heavy atom. The van der Waals surface area contributed by atoms with Crippen LogP contribution in [0.25, 0.3) is 11.3 Å². The van der Waals surface area contributed by atoms with Gasteiger partial charge in [-0.05, 0) is 30.0 Å². The predicted molar refractivity (Wildman–Crippen MR) is 101 cm³/mol. The van der Waals surface area contributed by atoms with Crippen LogP contribution in [-0.2, 0) is 4.79 Å². The highest BCUT2D eigenvalue weighted by atomic mass is 79.9. The fourth-order valence-electron chi connectivity index (χ4n) is 2.84. The Balaban J connectivity index is 1.41. The van der Waals surface area contributed by atoms with Gasteiger partial charge >= 0.3 is 0 Å². The molecule has 0 radical (unpaired) electrons. The Morgan fingerprint density at radius 3 is 2.62 bits per heavy atom. The highest BCUT2D eigenvalue weighted by molar-refractivity contribution is 9.10. The predicted octanol–water partition coefficient (Wildman–Crippen LogP) is 5.31. The van der Waals surface area contributed by atoms with Crippen LogP contribution in [0, 0.1) is 5.92 Å².